The Morgan fingerprint density at radius 3 is 2.45 bits per heavy atom. The fraction of sp³-hybridized carbons (Fsp3) is 0. The minimum absolute atomic E-state index is 0.513. The average molecular weight is 344 g/mol. The molecule has 0 N–H and O–H groups in total. The fourth-order valence-electron chi connectivity index (χ4n) is 0.559. The van der Waals surface area contributed by atoms with Crippen LogP contribution in [0.1, 0.15) is 10.4 Å². The van der Waals surface area contributed by atoms with E-state index in [1.54, 1.807) is 6.20 Å². The Hall–Kier alpha value is 0.260. The molecule has 0 saturated carbocycles. The van der Waals surface area contributed by atoms with Gasteiger partial charge in [0.1, 0.15) is 4.60 Å². The van der Waals surface area contributed by atoms with Crippen molar-refractivity contribution >= 4 is 54.1 Å². The summed E-state index contributed by atoms with van der Waals surface area (Å²) in [5.41, 5.74) is 0.513. The van der Waals surface area contributed by atoms with Gasteiger partial charge in [-0.15, -0.1) is 0 Å². The summed E-state index contributed by atoms with van der Waals surface area (Å²) < 4.78 is 2.03. The monoisotopic (exact) mass is 341 g/mol. The van der Waals surface area contributed by atoms with E-state index >= 15 is 0 Å². The quantitative estimate of drug-likeness (QED) is 0.579. The molecule has 1 heterocycles. The van der Waals surface area contributed by atoms with E-state index in [1.165, 1.54) is 0 Å². The van der Waals surface area contributed by atoms with E-state index in [0.717, 1.165) is 15.2 Å². The molecule has 5 heteroatoms. The molecule has 0 aliphatic rings. The summed E-state index contributed by atoms with van der Waals surface area (Å²) in [5, 5.41) is 0. The Labute approximate surface area is 88.8 Å². The van der Waals surface area contributed by atoms with E-state index in [1.807, 2.05) is 0 Å². The molecule has 0 aliphatic carbocycles. The summed E-state index contributed by atoms with van der Waals surface area (Å²) >= 11 is 9.62. The second-order valence-electron chi connectivity index (χ2n) is 1.74. The molecule has 0 radical (unpaired) electrons. The summed E-state index contributed by atoms with van der Waals surface area (Å²) in [7, 11) is 0. The lowest BCUT2D eigenvalue weighted by molar-refractivity contribution is 0.112. The van der Waals surface area contributed by atoms with Gasteiger partial charge in [-0.3, -0.25) is 4.79 Å². The second kappa shape index (κ2) is 3.78. The van der Waals surface area contributed by atoms with Gasteiger partial charge < -0.3 is 0 Å². The molecule has 0 spiro atoms. The number of halogens is 3. The van der Waals surface area contributed by atoms with Gasteiger partial charge in [-0.05, 0) is 47.8 Å². The van der Waals surface area contributed by atoms with Crippen molar-refractivity contribution in [3.05, 3.63) is 25.3 Å². The lowest BCUT2D eigenvalue weighted by Gasteiger charge is -1.99. The zero-order valence-electron chi connectivity index (χ0n) is 5.14. The highest BCUT2D eigenvalue weighted by atomic mass is 79.9. The van der Waals surface area contributed by atoms with E-state index < -0.39 is 0 Å². The molecule has 0 bridgehead atoms. The maximum Gasteiger partial charge on any atom is 0.153 e. The molecule has 2 nitrogen and oxygen atoms in total. The van der Waals surface area contributed by atoms with Crippen molar-refractivity contribution < 1.29 is 4.79 Å². The van der Waals surface area contributed by atoms with Crippen molar-refractivity contribution in [2.45, 2.75) is 0 Å². The first kappa shape index (κ1) is 9.35. The predicted molar refractivity (Wildman–Crippen MR) is 52.7 cm³/mol. The summed E-state index contributed by atoms with van der Waals surface area (Å²) in [4.78, 5) is 14.4. The largest absolute Gasteiger partial charge is 0.298 e. The van der Waals surface area contributed by atoms with E-state index in [2.05, 4.69) is 52.8 Å². The maximum atomic E-state index is 10.5. The van der Waals surface area contributed by atoms with Crippen LogP contribution in [0.2, 0.25) is 0 Å². The van der Waals surface area contributed by atoms with Crippen molar-refractivity contribution in [1.82, 2.24) is 4.98 Å². The Bertz CT molecular complexity index is 300. The molecule has 0 fully saturated rings. The molecule has 0 amide bonds. The molecule has 58 valence electrons. The number of hydrogen-bond donors (Lipinski definition) is 0. The van der Waals surface area contributed by atoms with Gasteiger partial charge in [0.25, 0.3) is 0 Å². The van der Waals surface area contributed by atoms with Gasteiger partial charge in [-0.1, -0.05) is 0 Å². The van der Waals surface area contributed by atoms with E-state index in [9.17, 15) is 4.79 Å². The van der Waals surface area contributed by atoms with Crippen LogP contribution >= 0.6 is 47.8 Å². The van der Waals surface area contributed by atoms with Crippen molar-refractivity contribution in [3.63, 3.8) is 0 Å². The highest BCUT2D eigenvalue weighted by Crippen LogP contribution is 2.28. The van der Waals surface area contributed by atoms with Crippen LogP contribution in [0, 0.1) is 0 Å². The van der Waals surface area contributed by atoms with Gasteiger partial charge in [-0.25, -0.2) is 4.98 Å². The summed E-state index contributed by atoms with van der Waals surface area (Å²) in [6.45, 7) is 0. The van der Waals surface area contributed by atoms with Crippen molar-refractivity contribution in [2.24, 2.45) is 0 Å². The number of pyridine rings is 1. The summed E-state index contributed by atoms with van der Waals surface area (Å²) in [6, 6.07) is 0. The summed E-state index contributed by atoms with van der Waals surface area (Å²) in [6.07, 6.45) is 2.35. The van der Waals surface area contributed by atoms with Crippen LogP contribution in [0.4, 0.5) is 0 Å². The molecule has 1 aromatic rings. The van der Waals surface area contributed by atoms with Crippen molar-refractivity contribution in [2.75, 3.05) is 0 Å². The van der Waals surface area contributed by atoms with Crippen LogP contribution < -0.4 is 0 Å². The topological polar surface area (TPSA) is 30.0 Å². The number of hydrogen-bond acceptors (Lipinski definition) is 2. The minimum Gasteiger partial charge on any atom is -0.298 e. The first-order valence-corrected chi connectivity index (χ1v) is 4.99. The van der Waals surface area contributed by atoms with Gasteiger partial charge in [0.2, 0.25) is 0 Å². The molecule has 1 aromatic heterocycles. The van der Waals surface area contributed by atoms with Crippen LogP contribution in [0.3, 0.4) is 0 Å². The van der Waals surface area contributed by atoms with Crippen LogP contribution in [0.15, 0.2) is 19.7 Å². The molecule has 1 rings (SSSR count). The normalized spacial score (nSPS) is 9.73. The maximum absolute atomic E-state index is 10.5. The first-order chi connectivity index (χ1) is 5.16. The molecular formula is C6H2Br3NO. The van der Waals surface area contributed by atoms with Gasteiger partial charge in [0, 0.05) is 10.7 Å². The van der Waals surface area contributed by atoms with Crippen LogP contribution in [0.5, 0.6) is 0 Å². The summed E-state index contributed by atoms with van der Waals surface area (Å²) in [5.74, 6) is 0. The molecule has 11 heavy (non-hydrogen) atoms. The molecule has 0 aromatic carbocycles. The van der Waals surface area contributed by atoms with Crippen LogP contribution in [0.25, 0.3) is 0 Å². The Morgan fingerprint density at radius 2 is 2.00 bits per heavy atom. The number of carbonyl (C=O) groups is 1. The number of aromatic nitrogens is 1. The third-order valence-electron chi connectivity index (χ3n) is 1.08. The average Bonchev–Trinajstić information content (AvgIpc) is 1.99. The molecule has 0 aliphatic heterocycles. The second-order valence-corrected chi connectivity index (χ2v) is 4.14. The lowest BCUT2D eigenvalue weighted by Crippen LogP contribution is -1.88. The Balaban J connectivity index is 3.40. The van der Waals surface area contributed by atoms with Gasteiger partial charge in [0.05, 0.1) is 10.0 Å². The zero-order chi connectivity index (χ0) is 8.43. The first-order valence-electron chi connectivity index (χ1n) is 2.61. The smallest absolute Gasteiger partial charge is 0.153 e. The number of aldehydes is 1. The minimum atomic E-state index is 0.513. The molecule has 0 unspecified atom stereocenters. The molecule has 0 saturated heterocycles. The molecule has 0 atom stereocenters. The third-order valence-corrected chi connectivity index (χ3v) is 3.70. The van der Waals surface area contributed by atoms with E-state index in [0.29, 0.717) is 10.2 Å². The standard InChI is InChI=1S/C6H2Br3NO/c7-4-1-10-6(9)3(2-11)5(4)8/h1-2H. The van der Waals surface area contributed by atoms with Crippen LogP contribution in [-0.4, -0.2) is 11.3 Å². The lowest BCUT2D eigenvalue weighted by atomic mass is 10.3. The van der Waals surface area contributed by atoms with E-state index in [4.69, 9.17) is 0 Å². The highest BCUT2D eigenvalue weighted by Gasteiger charge is 2.07. The SMILES string of the molecule is O=Cc1c(Br)ncc(Br)c1Br. The predicted octanol–water partition coefficient (Wildman–Crippen LogP) is 3.18. The zero-order valence-corrected chi connectivity index (χ0v) is 9.90. The Kier molecular flexibility index (Phi) is 3.21. The van der Waals surface area contributed by atoms with E-state index in [-0.39, 0.29) is 0 Å². The number of rotatable bonds is 1. The van der Waals surface area contributed by atoms with Gasteiger partial charge >= 0.3 is 0 Å². The van der Waals surface area contributed by atoms with Crippen LogP contribution in [-0.2, 0) is 0 Å². The Morgan fingerprint density at radius 1 is 1.36 bits per heavy atom. The van der Waals surface area contributed by atoms with Gasteiger partial charge in [0.15, 0.2) is 6.29 Å². The van der Waals surface area contributed by atoms with Crippen molar-refractivity contribution in [3.8, 4) is 0 Å². The number of carbonyl (C=O) groups excluding carboxylic acids is 1. The molecular weight excluding hydrogens is 342 g/mol. The highest BCUT2D eigenvalue weighted by molar-refractivity contribution is 9.13. The fourth-order valence-corrected chi connectivity index (χ4v) is 1.92. The third kappa shape index (κ3) is 1.89. The van der Waals surface area contributed by atoms with Crippen molar-refractivity contribution in [1.29, 1.82) is 0 Å². The number of nitrogens with zero attached hydrogens (tertiary/aromatic N) is 1. The van der Waals surface area contributed by atoms with Gasteiger partial charge in [-0.2, -0.15) is 0 Å².